The molecular formula is C34H44N2O7S. The van der Waals surface area contributed by atoms with Crippen LogP contribution in [0.25, 0.3) is 0 Å². The van der Waals surface area contributed by atoms with Crippen molar-refractivity contribution in [3.05, 3.63) is 83.4 Å². The second-order valence-corrected chi connectivity index (χ2v) is 13.4. The molecule has 5 rings (SSSR count). The van der Waals surface area contributed by atoms with Crippen LogP contribution in [0.5, 0.6) is 11.5 Å². The Kier molecular flexibility index (Phi) is 10.5. The van der Waals surface area contributed by atoms with E-state index in [0.717, 1.165) is 47.6 Å². The normalized spacial score (nSPS) is 22.3. The van der Waals surface area contributed by atoms with Crippen molar-refractivity contribution in [2.45, 2.75) is 62.4 Å². The molecule has 238 valence electrons. The van der Waals surface area contributed by atoms with Gasteiger partial charge in [0.1, 0.15) is 18.1 Å². The summed E-state index contributed by atoms with van der Waals surface area (Å²) in [5.41, 5.74) is 3.80. The number of hydrogen-bond acceptors (Lipinski definition) is 8. The van der Waals surface area contributed by atoms with Gasteiger partial charge in [-0.05, 0) is 67.3 Å². The maximum absolute atomic E-state index is 14.0. The van der Waals surface area contributed by atoms with E-state index in [0.29, 0.717) is 25.4 Å². The number of ether oxygens (including phenoxy) is 4. The molecule has 2 aliphatic heterocycles. The Morgan fingerprint density at radius 1 is 1.02 bits per heavy atom. The topological polar surface area (TPSA) is 97.8 Å². The van der Waals surface area contributed by atoms with Gasteiger partial charge >= 0.3 is 0 Å². The smallest absolute Gasteiger partial charge is 0.243 e. The number of piperidine rings is 1. The van der Waals surface area contributed by atoms with Crippen molar-refractivity contribution < 1.29 is 32.5 Å². The number of fused-ring (bicyclic) bond motifs is 1. The van der Waals surface area contributed by atoms with Crippen molar-refractivity contribution in [3.8, 4) is 11.5 Å². The van der Waals surface area contributed by atoms with Crippen LogP contribution in [0.4, 0.5) is 5.69 Å². The first-order chi connectivity index (χ1) is 21.3. The van der Waals surface area contributed by atoms with Gasteiger partial charge in [0.2, 0.25) is 10.0 Å². The average molecular weight is 625 g/mol. The first-order valence-corrected chi connectivity index (χ1v) is 16.7. The van der Waals surface area contributed by atoms with Crippen LogP contribution in [0.1, 0.15) is 42.4 Å². The number of rotatable bonds is 12. The zero-order valence-electron chi connectivity index (χ0n) is 26.0. The lowest BCUT2D eigenvalue weighted by atomic mass is 9.81. The van der Waals surface area contributed by atoms with Gasteiger partial charge in [0.05, 0.1) is 49.1 Å². The minimum atomic E-state index is -3.90. The molecular weight excluding hydrogens is 580 g/mol. The summed E-state index contributed by atoms with van der Waals surface area (Å²) in [4.78, 5) is 2.51. The van der Waals surface area contributed by atoms with E-state index in [-0.39, 0.29) is 18.0 Å². The van der Waals surface area contributed by atoms with Crippen molar-refractivity contribution in [2.75, 3.05) is 52.0 Å². The second-order valence-electron chi connectivity index (χ2n) is 11.5. The van der Waals surface area contributed by atoms with E-state index >= 15 is 0 Å². The monoisotopic (exact) mass is 624 g/mol. The number of hydrogen-bond donors (Lipinski definition) is 1. The summed E-state index contributed by atoms with van der Waals surface area (Å²) in [5.74, 6) is 1.10. The van der Waals surface area contributed by atoms with Crippen LogP contribution >= 0.6 is 0 Å². The van der Waals surface area contributed by atoms with Crippen LogP contribution in [0.3, 0.4) is 0 Å². The third-order valence-electron chi connectivity index (χ3n) is 8.66. The first kappa shape index (κ1) is 32.2. The Labute approximate surface area is 261 Å². The maximum Gasteiger partial charge on any atom is 0.243 e. The zero-order valence-corrected chi connectivity index (χ0v) is 26.8. The lowest BCUT2D eigenvalue weighted by molar-refractivity contribution is -0.0771. The number of anilines is 1. The molecule has 0 aromatic heterocycles. The minimum absolute atomic E-state index is 0.111. The maximum atomic E-state index is 14.0. The molecule has 0 amide bonds. The molecule has 44 heavy (non-hydrogen) atoms. The first-order valence-electron chi connectivity index (χ1n) is 15.3. The molecule has 0 saturated carbocycles. The number of aliphatic hydroxyl groups is 1. The molecule has 0 spiro atoms. The van der Waals surface area contributed by atoms with E-state index < -0.39 is 34.2 Å². The Morgan fingerprint density at radius 3 is 2.45 bits per heavy atom. The number of aliphatic hydroxyl groups excluding tert-OH is 1. The summed E-state index contributed by atoms with van der Waals surface area (Å²) in [6, 6.07) is 19.8. The van der Waals surface area contributed by atoms with Crippen LogP contribution in [0.15, 0.2) is 71.6 Å². The van der Waals surface area contributed by atoms with E-state index in [1.165, 1.54) is 4.31 Å². The Morgan fingerprint density at radius 2 is 1.77 bits per heavy atom. The van der Waals surface area contributed by atoms with E-state index in [9.17, 15) is 13.5 Å². The number of methoxy groups -OCH3 is 2. The summed E-state index contributed by atoms with van der Waals surface area (Å²) < 4.78 is 52.5. The molecule has 10 heteroatoms. The molecule has 2 unspecified atom stereocenters. The van der Waals surface area contributed by atoms with Crippen molar-refractivity contribution in [3.63, 3.8) is 0 Å². The van der Waals surface area contributed by atoms with E-state index in [1.54, 1.807) is 38.5 Å². The third kappa shape index (κ3) is 6.89. The molecule has 0 radical (unpaired) electrons. The van der Waals surface area contributed by atoms with Gasteiger partial charge < -0.3 is 29.0 Å². The van der Waals surface area contributed by atoms with Gasteiger partial charge in [-0.25, -0.2) is 8.42 Å². The van der Waals surface area contributed by atoms with Gasteiger partial charge in [-0.1, -0.05) is 42.8 Å². The molecule has 0 bridgehead atoms. The average Bonchev–Trinajstić information content (AvgIpc) is 3.04. The summed E-state index contributed by atoms with van der Waals surface area (Å²) in [5, 5.41) is 11.8. The van der Waals surface area contributed by atoms with E-state index in [2.05, 4.69) is 11.0 Å². The second kappa shape index (κ2) is 14.3. The van der Waals surface area contributed by atoms with Crippen LogP contribution in [0, 0.1) is 6.92 Å². The molecule has 4 atom stereocenters. The number of aryl methyl sites for hydroxylation is 1. The molecule has 0 aliphatic carbocycles. The highest BCUT2D eigenvalue weighted by atomic mass is 32.2. The predicted octanol–water partition coefficient (Wildman–Crippen LogP) is 4.75. The number of benzene rings is 3. The molecule has 3 aromatic carbocycles. The lowest BCUT2D eigenvalue weighted by Crippen LogP contribution is -2.59. The Hall–Kier alpha value is -3.15. The molecule has 1 N–H and O–H groups in total. The van der Waals surface area contributed by atoms with Crippen molar-refractivity contribution in [1.82, 2.24) is 4.31 Å². The minimum Gasteiger partial charge on any atom is -0.497 e. The van der Waals surface area contributed by atoms with Crippen LogP contribution in [-0.2, 0) is 26.1 Å². The number of nitrogens with zero attached hydrogens (tertiary/aromatic N) is 2. The molecule has 2 heterocycles. The lowest BCUT2D eigenvalue weighted by Gasteiger charge is -2.46. The molecule has 3 aromatic rings. The molecule has 1 saturated heterocycles. The summed E-state index contributed by atoms with van der Waals surface area (Å²) in [6.07, 6.45) is -0.230. The van der Waals surface area contributed by atoms with Crippen LogP contribution < -0.4 is 14.4 Å². The van der Waals surface area contributed by atoms with Gasteiger partial charge in [-0.2, -0.15) is 4.31 Å². The van der Waals surface area contributed by atoms with Crippen LogP contribution in [-0.4, -0.2) is 83.1 Å². The predicted molar refractivity (Wildman–Crippen MR) is 170 cm³/mol. The third-order valence-corrected chi connectivity index (χ3v) is 10.6. The van der Waals surface area contributed by atoms with Crippen molar-refractivity contribution in [2.24, 2.45) is 0 Å². The highest BCUT2D eigenvalue weighted by Crippen LogP contribution is 2.39. The summed E-state index contributed by atoms with van der Waals surface area (Å²) in [7, 11) is -0.577. The fourth-order valence-electron chi connectivity index (χ4n) is 6.26. The highest BCUT2D eigenvalue weighted by molar-refractivity contribution is 7.89. The molecule has 1 fully saturated rings. The standard InChI is InChI=1S/C34H44N2O7S/c1-5-29-34(37)33(26-10-12-27(41-4)13-11-26)32(22-36(29)44(38,39)28-14-7-24(2)8-15-28)43-23-25-9-16-31-30(21-25)35(18-20-42-31)17-6-19-40-3/h7-16,21,29,32-34,37H,5-6,17-20,22-23H2,1-4H3/t29?,32?,33-,34-/m0/s1. The highest BCUT2D eigenvalue weighted by Gasteiger charge is 2.48. The summed E-state index contributed by atoms with van der Waals surface area (Å²) in [6.45, 7) is 7.15. The zero-order chi connectivity index (χ0) is 31.3. The largest absolute Gasteiger partial charge is 0.497 e. The van der Waals surface area contributed by atoms with E-state index in [4.69, 9.17) is 18.9 Å². The van der Waals surface area contributed by atoms with E-state index in [1.807, 2.05) is 50.2 Å². The van der Waals surface area contributed by atoms with Gasteiger partial charge in [0.15, 0.2) is 0 Å². The number of sulfonamides is 1. The molecule has 2 aliphatic rings. The fourth-order valence-corrected chi connectivity index (χ4v) is 7.99. The Balaban J connectivity index is 1.44. The van der Waals surface area contributed by atoms with Gasteiger partial charge in [0.25, 0.3) is 0 Å². The van der Waals surface area contributed by atoms with Gasteiger partial charge in [-0.3, -0.25) is 0 Å². The quantitative estimate of drug-likeness (QED) is 0.289. The van der Waals surface area contributed by atoms with Crippen molar-refractivity contribution >= 4 is 15.7 Å². The summed E-state index contributed by atoms with van der Waals surface area (Å²) >= 11 is 0. The van der Waals surface area contributed by atoms with Crippen LogP contribution in [0.2, 0.25) is 0 Å². The SMILES string of the molecule is CCC1[C@H](O)[C@@H](c2ccc(OC)cc2)C(OCc2ccc3c(c2)N(CCCOC)CCO3)CN1S(=O)(=O)c1ccc(C)cc1. The molecule has 9 nitrogen and oxygen atoms in total. The fraction of sp³-hybridized carbons (Fsp3) is 0.471. The van der Waals surface area contributed by atoms with Gasteiger partial charge in [-0.15, -0.1) is 0 Å². The van der Waals surface area contributed by atoms with Gasteiger partial charge in [0, 0.05) is 32.7 Å². The van der Waals surface area contributed by atoms with Crippen molar-refractivity contribution in [1.29, 1.82) is 0 Å². The Bertz CT molecular complexity index is 1480.